The third-order valence-corrected chi connectivity index (χ3v) is 2.70. The van der Waals surface area contributed by atoms with E-state index in [0.717, 1.165) is 15.8 Å². The fourth-order valence-corrected chi connectivity index (χ4v) is 1.75. The van der Waals surface area contributed by atoms with Crippen LogP contribution in [0.25, 0.3) is 0 Å². The van der Waals surface area contributed by atoms with Crippen LogP contribution in [-0.2, 0) is 11.3 Å². The van der Waals surface area contributed by atoms with E-state index in [-0.39, 0.29) is 25.1 Å². The van der Waals surface area contributed by atoms with Gasteiger partial charge in [-0.3, -0.25) is 9.48 Å². The summed E-state index contributed by atoms with van der Waals surface area (Å²) in [6.07, 6.45) is 1.96. The van der Waals surface area contributed by atoms with Gasteiger partial charge in [0.1, 0.15) is 6.54 Å². The molecule has 2 rings (SSSR count). The third kappa shape index (κ3) is 2.63. The van der Waals surface area contributed by atoms with Gasteiger partial charge in [-0.25, -0.2) is 13.6 Å². The molecule has 0 aliphatic carbocycles. The summed E-state index contributed by atoms with van der Waals surface area (Å²) < 4.78 is 26.9. The Labute approximate surface area is 101 Å². The normalized spacial score (nSPS) is 18.0. The Bertz CT molecular complexity index is 486. The Balaban J connectivity index is 1.97. The predicted octanol–water partition coefficient (Wildman–Crippen LogP) is 0.449. The molecule has 1 aromatic heterocycles. The highest BCUT2D eigenvalue weighted by molar-refractivity contribution is 5.87. The maximum atomic E-state index is 12.9. The van der Waals surface area contributed by atoms with E-state index in [1.807, 2.05) is 0 Å². The van der Waals surface area contributed by atoms with Crippen LogP contribution in [0.2, 0.25) is 0 Å². The molecule has 1 amide bonds. The zero-order valence-electron chi connectivity index (χ0n) is 9.34. The smallest absolute Gasteiger partial charge is 0.338 e. The van der Waals surface area contributed by atoms with Crippen LogP contribution in [0.5, 0.6) is 0 Å². The van der Waals surface area contributed by atoms with Crippen LogP contribution in [0.4, 0.5) is 8.78 Å². The Morgan fingerprint density at radius 2 is 2.22 bits per heavy atom. The number of nitrogens with zero attached hydrogens (tertiary/aromatic N) is 3. The minimum absolute atomic E-state index is 0.0128. The molecule has 1 saturated heterocycles. The molecular weight excluding hydrogens is 248 g/mol. The first kappa shape index (κ1) is 12.5. The Kier molecular flexibility index (Phi) is 3.02. The van der Waals surface area contributed by atoms with Crippen LogP contribution < -0.4 is 0 Å². The molecule has 8 heteroatoms. The maximum Gasteiger partial charge on any atom is 0.338 e. The van der Waals surface area contributed by atoms with Crippen LogP contribution in [0.15, 0.2) is 12.4 Å². The zero-order valence-corrected chi connectivity index (χ0v) is 9.34. The molecule has 0 unspecified atom stereocenters. The molecule has 0 aromatic carbocycles. The number of rotatable bonds is 3. The summed E-state index contributed by atoms with van der Waals surface area (Å²) in [5, 5.41) is 12.4. The number of carboxylic acid groups (broad SMARTS) is 1. The number of aromatic carboxylic acids is 1. The molecule has 0 spiro atoms. The highest BCUT2D eigenvalue weighted by Crippen LogP contribution is 2.26. The number of carbonyl (C=O) groups excluding carboxylic acids is 1. The fourth-order valence-electron chi connectivity index (χ4n) is 1.75. The van der Waals surface area contributed by atoms with Gasteiger partial charge in [0.25, 0.3) is 5.92 Å². The molecule has 18 heavy (non-hydrogen) atoms. The van der Waals surface area contributed by atoms with Gasteiger partial charge in [0, 0.05) is 19.2 Å². The largest absolute Gasteiger partial charge is 0.478 e. The number of carbonyl (C=O) groups is 2. The number of hydrogen-bond acceptors (Lipinski definition) is 3. The molecular formula is C10H11F2N3O3. The van der Waals surface area contributed by atoms with Crippen molar-refractivity contribution in [1.29, 1.82) is 0 Å². The van der Waals surface area contributed by atoms with E-state index in [1.165, 1.54) is 6.20 Å². The first-order valence-electron chi connectivity index (χ1n) is 5.29. The van der Waals surface area contributed by atoms with E-state index < -0.39 is 24.3 Å². The molecule has 1 aliphatic rings. The number of carboxylic acids is 1. The van der Waals surface area contributed by atoms with Gasteiger partial charge in [-0.2, -0.15) is 5.10 Å². The lowest BCUT2D eigenvalue weighted by molar-refractivity contribution is -0.132. The van der Waals surface area contributed by atoms with Crippen LogP contribution in [0.3, 0.4) is 0 Å². The topological polar surface area (TPSA) is 75.4 Å². The summed E-state index contributed by atoms with van der Waals surface area (Å²) >= 11 is 0. The summed E-state index contributed by atoms with van der Waals surface area (Å²) in [5.74, 6) is -4.47. The molecule has 98 valence electrons. The molecule has 1 aliphatic heterocycles. The van der Waals surface area contributed by atoms with Crippen molar-refractivity contribution in [3.8, 4) is 0 Å². The van der Waals surface area contributed by atoms with Crippen molar-refractivity contribution in [3.05, 3.63) is 18.0 Å². The lowest BCUT2D eigenvalue weighted by Crippen LogP contribution is -2.34. The first-order valence-corrected chi connectivity index (χ1v) is 5.29. The molecule has 0 atom stereocenters. The van der Waals surface area contributed by atoms with Crippen molar-refractivity contribution in [2.24, 2.45) is 0 Å². The van der Waals surface area contributed by atoms with Crippen molar-refractivity contribution < 1.29 is 23.5 Å². The van der Waals surface area contributed by atoms with Crippen molar-refractivity contribution in [2.75, 3.05) is 13.1 Å². The van der Waals surface area contributed by atoms with Crippen molar-refractivity contribution in [1.82, 2.24) is 14.7 Å². The van der Waals surface area contributed by atoms with Crippen LogP contribution in [0, 0.1) is 0 Å². The Hall–Kier alpha value is -1.99. The number of alkyl halides is 2. The Morgan fingerprint density at radius 1 is 1.50 bits per heavy atom. The average molecular weight is 259 g/mol. The molecule has 6 nitrogen and oxygen atoms in total. The highest BCUT2D eigenvalue weighted by atomic mass is 19.3. The van der Waals surface area contributed by atoms with E-state index in [1.54, 1.807) is 0 Å². The van der Waals surface area contributed by atoms with Crippen molar-refractivity contribution in [3.63, 3.8) is 0 Å². The third-order valence-electron chi connectivity index (χ3n) is 2.70. The van der Waals surface area contributed by atoms with Gasteiger partial charge in [0.2, 0.25) is 5.91 Å². The summed E-state index contributed by atoms with van der Waals surface area (Å²) in [6, 6.07) is 0. The quantitative estimate of drug-likeness (QED) is 0.855. The molecule has 0 saturated carbocycles. The predicted molar refractivity (Wildman–Crippen MR) is 55.3 cm³/mol. The molecule has 0 bridgehead atoms. The van der Waals surface area contributed by atoms with Gasteiger partial charge in [-0.05, 0) is 0 Å². The second kappa shape index (κ2) is 4.35. The lowest BCUT2D eigenvalue weighted by Gasteiger charge is -2.15. The molecule has 1 N–H and O–H groups in total. The first-order chi connectivity index (χ1) is 8.37. The maximum absolute atomic E-state index is 12.9. The van der Waals surface area contributed by atoms with Crippen LogP contribution in [-0.4, -0.2) is 50.7 Å². The summed E-state index contributed by atoms with van der Waals surface area (Å²) in [5.41, 5.74) is -0.0467. The van der Waals surface area contributed by atoms with Crippen molar-refractivity contribution in [2.45, 2.75) is 18.9 Å². The number of likely N-dealkylation sites (tertiary alicyclic amines) is 1. The van der Waals surface area contributed by atoms with Gasteiger partial charge in [0.15, 0.2) is 0 Å². The fraction of sp³-hybridized carbons (Fsp3) is 0.500. The molecule has 1 aromatic rings. The SMILES string of the molecule is O=C(O)c1cnn(CC(=O)N2CCC(F)(F)C2)c1. The minimum Gasteiger partial charge on any atom is -0.478 e. The molecule has 1 fully saturated rings. The van der Waals surface area contributed by atoms with Gasteiger partial charge in [-0.15, -0.1) is 0 Å². The monoisotopic (exact) mass is 259 g/mol. The summed E-state index contributed by atoms with van der Waals surface area (Å²) in [6.45, 7) is -0.804. The Morgan fingerprint density at radius 3 is 2.72 bits per heavy atom. The van der Waals surface area contributed by atoms with Gasteiger partial charge in [0.05, 0.1) is 18.3 Å². The van der Waals surface area contributed by atoms with E-state index >= 15 is 0 Å². The number of halogens is 2. The second-order valence-corrected chi connectivity index (χ2v) is 4.15. The average Bonchev–Trinajstić information content (AvgIpc) is 2.84. The number of amides is 1. The van der Waals surface area contributed by atoms with E-state index in [0.29, 0.717) is 0 Å². The van der Waals surface area contributed by atoms with E-state index in [2.05, 4.69) is 5.10 Å². The minimum atomic E-state index is -2.83. The van der Waals surface area contributed by atoms with Gasteiger partial charge >= 0.3 is 5.97 Å². The van der Waals surface area contributed by atoms with E-state index in [4.69, 9.17) is 5.11 Å². The van der Waals surface area contributed by atoms with Crippen LogP contribution in [0.1, 0.15) is 16.8 Å². The van der Waals surface area contributed by atoms with Crippen LogP contribution >= 0.6 is 0 Å². The summed E-state index contributed by atoms with van der Waals surface area (Å²) in [4.78, 5) is 23.3. The number of hydrogen-bond donors (Lipinski definition) is 1. The summed E-state index contributed by atoms with van der Waals surface area (Å²) in [7, 11) is 0. The van der Waals surface area contributed by atoms with Crippen molar-refractivity contribution >= 4 is 11.9 Å². The number of aromatic nitrogens is 2. The van der Waals surface area contributed by atoms with Gasteiger partial charge in [-0.1, -0.05) is 0 Å². The molecule has 2 heterocycles. The second-order valence-electron chi connectivity index (χ2n) is 4.15. The molecule has 0 radical (unpaired) electrons. The highest BCUT2D eigenvalue weighted by Gasteiger charge is 2.40. The zero-order chi connectivity index (χ0) is 13.3. The standard InChI is InChI=1S/C10H11F2N3O3/c11-10(12)1-2-14(6-10)8(16)5-15-4-7(3-13-15)9(17)18/h3-4H,1-2,5-6H2,(H,17,18). The van der Waals surface area contributed by atoms with E-state index in [9.17, 15) is 18.4 Å². The van der Waals surface area contributed by atoms with Gasteiger partial charge < -0.3 is 10.0 Å². The lowest BCUT2D eigenvalue weighted by atomic mass is 10.3.